The maximum Gasteiger partial charge on any atom is 0.0235 e. The van der Waals surface area contributed by atoms with Crippen molar-refractivity contribution in [2.75, 3.05) is 19.6 Å². The van der Waals surface area contributed by atoms with Crippen LogP contribution in [0.25, 0.3) is 0 Å². The predicted octanol–water partition coefficient (Wildman–Crippen LogP) is 2.12. The Morgan fingerprint density at radius 3 is 2.88 bits per heavy atom. The Balaban J connectivity index is 1.60. The lowest BCUT2D eigenvalue weighted by Gasteiger charge is -2.29. The molecule has 2 heterocycles. The van der Waals surface area contributed by atoms with Gasteiger partial charge in [0.2, 0.25) is 0 Å². The van der Waals surface area contributed by atoms with Crippen LogP contribution in [0, 0.1) is 11.8 Å². The Labute approximate surface area is 104 Å². The number of likely N-dealkylation sites (tertiary alicyclic amines) is 1. The van der Waals surface area contributed by atoms with Crippen LogP contribution >= 0.6 is 0 Å². The van der Waals surface area contributed by atoms with E-state index in [4.69, 9.17) is 0 Å². The van der Waals surface area contributed by atoms with Gasteiger partial charge in [0.15, 0.2) is 0 Å². The Morgan fingerprint density at radius 2 is 2.06 bits per heavy atom. The van der Waals surface area contributed by atoms with E-state index >= 15 is 0 Å². The van der Waals surface area contributed by atoms with Gasteiger partial charge < -0.3 is 5.32 Å². The molecule has 1 N–H and O–H groups in total. The summed E-state index contributed by atoms with van der Waals surface area (Å²) in [5, 5.41) is 3.70. The first kappa shape index (κ1) is 11.2. The molecule has 3 rings (SSSR count). The van der Waals surface area contributed by atoms with Crippen molar-refractivity contribution in [1.82, 2.24) is 10.2 Å². The largest absolute Gasteiger partial charge is 0.312 e. The Bertz CT molecular complexity index is 362. The highest BCUT2D eigenvalue weighted by molar-refractivity contribution is 5.15. The average Bonchev–Trinajstić information content (AvgIpc) is 2.71. The summed E-state index contributed by atoms with van der Waals surface area (Å²) in [7, 11) is 0. The van der Waals surface area contributed by atoms with Crippen LogP contribution in [0.15, 0.2) is 30.3 Å². The maximum absolute atomic E-state index is 3.70. The van der Waals surface area contributed by atoms with Gasteiger partial charge in [0, 0.05) is 25.7 Å². The van der Waals surface area contributed by atoms with Gasteiger partial charge in [0.1, 0.15) is 0 Å². The molecule has 2 fully saturated rings. The molecule has 0 aromatic heterocycles. The lowest BCUT2D eigenvalue weighted by Crippen LogP contribution is -2.44. The first-order valence-corrected chi connectivity index (χ1v) is 6.81. The summed E-state index contributed by atoms with van der Waals surface area (Å²) < 4.78 is 0. The zero-order valence-electron chi connectivity index (χ0n) is 10.6. The number of hydrogen-bond donors (Lipinski definition) is 1. The fourth-order valence-corrected chi connectivity index (χ4v) is 3.35. The number of fused-ring (bicyclic) bond motifs is 1. The molecule has 0 saturated carbocycles. The average molecular weight is 230 g/mol. The minimum atomic E-state index is 0.745. The summed E-state index contributed by atoms with van der Waals surface area (Å²) in [6.07, 6.45) is 1.41. The van der Waals surface area contributed by atoms with Crippen LogP contribution in [-0.2, 0) is 6.54 Å². The molecule has 1 aromatic rings. The molecule has 2 aliphatic rings. The van der Waals surface area contributed by atoms with Gasteiger partial charge in [-0.25, -0.2) is 0 Å². The molecule has 0 aliphatic carbocycles. The second kappa shape index (κ2) is 4.79. The van der Waals surface area contributed by atoms with E-state index in [9.17, 15) is 0 Å². The van der Waals surface area contributed by atoms with Crippen molar-refractivity contribution in [2.24, 2.45) is 11.8 Å². The molecule has 0 bridgehead atoms. The van der Waals surface area contributed by atoms with Crippen molar-refractivity contribution in [3.63, 3.8) is 0 Å². The lowest BCUT2D eigenvalue weighted by atomic mass is 9.88. The van der Waals surface area contributed by atoms with E-state index in [-0.39, 0.29) is 0 Å². The van der Waals surface area contributed by atoms with Crippen LogP contribution in [-0.4, -0.2) is 30.6 Å². The first-order chi connectivity index (χ1) is 8.31. The van der Waals surface area contributed by atoms with E-state index in [0.717, 1.165) is 24.4 Å². The predicted molar refractivity (Wildman–Crippen MR) is 70.8 cm³/mol. The smallest absolute Gasteiger partial charge is 0.0235 e. The van der Waals surface area contributed by atoms with Crippen LogP contribution in [0.2, 0.25) is 0 Å². The molecule has 2 heteroatoms. The molecule has 2 aliphatic heterocycles. The van der Waals surface area contributed by atoms with Gasteiger partial charge in [-0.15, -0.1) is 0 Å². The molecular formula is C15H22N2. The molecule has 0 spiro atoms. The third-order valence-corrected chi connectivity index (χ3v) is 4.20. The summed E-state index contributed by atoms with van der Waals surface area (Å²) in [6, 6.07) is 11.6. The molecule has 0 amide bonds. The van der Waals surface area contributed by atoms with Gasteiger partial charge in [0.25, 0.3) is 0 Å². The molecule has 0 radical (unpaired) electrons. The Morgan fingerprint density at radius 1 is 1.24 bits per heavy atom. The van der Waals surface area contributed by atoms with E-state index in [1.54, 1.807) is 0 Å². The van der Waals surface area contributed by atoms with E-state index in [0.29, 0.717) is 0 Å². The summed E-state index contributed by atoms with van der Waals surface area (Å²) >= 11 is 0. The monoisotopic (exact) mass is 230 g/mol. The van der Waals surface area contributed by atoms with E-state index in [1.807, 2.05) is 0 Å². The number of piperidine rings is 1. The molecule has 3 unspecified atom stereocenters. The minimum Gasteiger partial charge on any atom is -0.312 e. The van der Waals surface area contributed by atoms with Gasteiger partial charge in [-0.1, -0.05) is 37.3 Å². The van der Waals surface area contributed by atoms with Crippen molar-refractivity contribution in [3.05, 3.63) is 35.9 Å². The van der Waals surface area contributed by atoms with Crippen LogP contribution in [0.5, 0.6) is 0 Å². The summed E-state index contributed by atoms with van der Waals surface area (Å²) in [5.41, 5.74) is 1.44. The molecule has 3 atom stereocenters. The number of nitrogens with one attached hydrogen (secondary N) is 1. The van der Waals surface area contributed by atoms with Gasteiger partial charge in [-0.3, -0.25) is 4.90 Å². The van der Waals surface area contributed by atoms with Crippen molar-refractivity contribution in [1.29, 1.82) is 0 Å². The highest BCUT2D eigenvalue weighted by atomic mass is 15.2. The van der Waals surface area contributed by atoms with Crippen LogP contribution in [0.3, 0.4) is 0 Å². The van der Waals surface area contributed by atoms with Crippen LogP contribution in [0.4, 0.5) is 0 Å². The van der Waals surface area contributed by atoms with Crippen LogP contribution in [0.1, 0.15) is 18.9 Å². The fourth-order valence-electron chi connectivity index (χ4n) is 3.35. The highest BCUT2D eigenvalue weighted by Crippen LogP contribution is 2.28. The van der Waals surface area contributed by atoms with E-state index in [1.165, 1.54) is 31.6 Å². The van der Waals surface area contributed by atoms with Crippen molar-refractivity contribution in [2.45, 2.75) is 25.9 Å². The van der Waals surface area contributed by atoms with Gasteiger partial charge in [-0.2, -0.15) is 0 Å². The van der Waals surface area contributed by atoms with Crippen molar-refractivity contribution < 1.29 is 0 Å². The molecular weight excluding hydrogens is 208 g/mol. The van der Waals surface area contributed by atoms with Crippen molar-refractivity contribution in [3.8, 4) is 0 Å². The highest BCUT2D eigenvalue weighted by Gasteiger charge is 2.35. The fraction of sp³-hybridized carbons (Fsp3) is 0.600. The Hall–Kier alpha value is -0.860. The van der Waals surface area contributed by atoms with Gasteiger partial charge in [0.05, 0.1) is 0 Å². The number of benzene rings is 1. The summed E-state index contributed by atoms with van der Waals surface area (Å²) in [6.45, 7) is 7.19. The zero-order valence-corrected chi connectivity index (χ0v) is 10.6. The van der Waals surface area contributed by atoms with E-state index < -0.39 is 0 Å². The molecule has 1 aromatic carbocycles. The second-order valence-corrected chi connectivity index (χ2v) is 5.80. The lowest BCUT2D eigenvalue weighted by molar-refractivity contribution is 0.270. The topological polar surface area (TPSA) is 15.3 Å². The van der Waals surface area contributed by atoms with Gasteiger partial charge in [-0.05, 0) is 30.4 Å². The number of hydrogen-bond acceptors (Lipinski definition) is 2. The standard InChI is InChI=1S/C15H22N2/c1-12-7-14-10-17(11-15(14)16-8-12)9-13-5-3-2-4-6-13/h2-6,12,14-16H,7-11H2,1H3. The molecule has 2 saturated heterocycles. The van der Waals surface area contributed by atoms with Gasteiger partial charge >= 0.3 is 0 Å². The summed E-state index contributed by atoms with van der Waals surface area (Å²) in [5.74, 6) is 1.73. The number of rotatable bonds is 2. The number of nitrogens with zero attached hydrogens (tertiary/aromatic N) is 1. The zero-order chi connectivity index (χ0) is 11.7. The third kappa shape index (κ3) is 2.53. The van der Waals surface area contributed by atoms with Crippen molar-refractivity contribution >= 4 is 0 Å². The van der Waals surface area contributed by atoms with Crippen LogP contribution < -0.4 is 5.32 Å². The normalized spacial score (nSPS) is 33.6. The SMILES string of the molecule is CC1CNC2CN(Cc3ccccc3)CC2C1. The second-order valence-electron chi connectivity index (χ2n) is 5.80. The molecule has 17 heavy (non-hydrogen) atoms. The third-order valence-electron chi connectivity index (χ3n) is 4.20. The first-order valence-electron chi connectivity index (χ1n) is 6.81. The quantitative estimate of drug-likeness (QED) is 0.837. The minimum absolute atomic E-state index is 0.745. The summed E-state index contributed by atoms with van der Waals surface area (Å²) in [4.78, 5) is 2.61. The molecule has 2 nitrogen and oxygen atoms in total. The Kier molecular flexibility index (Phi) is 3.17. The van der Waals surface area contributed by atoms with E-state index in [2.05, 4.69) is 47.5 Å². The maximum atomic E-state index is 3.70. The molecule has 92 valence electrons.